The number of sulfonamides is 1. The molecule has 1 aliphatic heterocycles. The minimum atomic E-state index is -4.01. The lowest BCUT2D eigenvalue weighted by Crippen LogP contribution is -2.51. The van der Waals surface area contributed by atoms with Gasteiger partial charge in [-0.2, -0.15) is 4.72 Å². The number of anilines is 1. The van der Waals surface area contributed by atoms with E-state index >= 15 is 0 Å². The summed E-state index contributed by atoms with van der Waals surface area (Å²) in [5.41, 5.74) is 11.7. The first-order valence-electron chi connectivity index (χ1n) is 11.7. The molecule has 1 atom stereocenters. The van der Waals surface area contributed by atoms with Gasteiger partial charge in [0.15, 0.2) is 5.96 Å². The van der Waals surface area contributed by atoms with Gasteiger partial charge in [-0.3, -0.25) is 9.79 Å². The van der Waals surface area contributed by atoms with Gasteiger partial charge in [-0.1, -0.05) is 24.3 Å². The third-order valence-corrected chi connectivity index (χ3v) is 7.79. The van der Waals surface area contributed by atoms with E-state index in [2.05, 4.69) is 9.71 Å². The Morgan fingerprint density at radius 2 is 1.83 bits per heavy atom. The summed E-state index contributed by atoms with van der Waals surface area (Å²) in [6, 6.07) is 9.79. The Morgan fingerprint density at radius 1 is 1.17 bits per heavy atom. The van der Waals surface area contributed by atoms with Gasteiger partial charge in [0.1, 0.15) is 6.04 Å². The fraction of sp³-hybridized carbons (Fsp3) is 0.500. The molecule has 0 radical (unpaired) electrons. The average Bonchev–Trinajstić information content (AvgIpc) is 2.84. The van der Waals surface area contributed by atoms with E-state index in [4.69, 9.17) is 16.2 Å². The number of nitrogens with zero attached hydrogens (tertiary/aromatic N) is 3. The van der Waals surface area contributed by atoms with Crippen molar-refractivity contribution in [3.63, 3.8) is 0 Å². The van der Waals surface area contributed by atoms with Gasteiger partial charge in [-0.15, -0.1) is 0 Å². The van der Waals surface area contributed by atoms with Crippen molar-refractivity contribution in [1.82, 2.24) is 9.62 Å². The summed E-state index contributed by atoms with van der Waals surface area (Å²) in [7, 11) is 1.47. The number of piperidine rings is 1. The van der Waals surface area contributed by atoms with Crippen LogP contribution >= 0.6 is 0 Å². The number of ether oxygens (including phenoxy) is 1. The van der Waals surface area contributed by atoms with Crippen LogP contribution in [0.4, 0.5) is 5.69 Å². The Bertz CT molecular complexity index is 1160. The van der Waals surface area contributed by atoms with E-state index in [1.54, 1.807) is 30.2 Å². The summed E-state index contributed by atoms with van der Waals surface area (Å²) >= 11 is 0. The number of carbonyl (C=O) groups excluding carboxylic acids is 1. The fourth-order valence-electron chi connectivity index (χ4n) is 4.41. The lowest BCUT2D eigenvalue weighted by Gasteiger charge is -2.33. The molecular formula is C24H36N6O4S. The van der Waals surface area contributed by atoms with Crippen LogP contribution in [-0.4, -0.2) is 78.2 Å². The summed E-state index contributed by atoms with van der Waals surface area (Å²) in [5.74, 6) is -0.287. The van der Waals surface area contributed by atoms with Crippen LogP contribution in [-0.2, 0) is 19.6 Å². The molecule has 11 heteroatoms. The molecule has 192 valence electrons. The SMILES string of the molecule is COC1CCN(C(=O)C(CCCN=C(N)N)NS(=O)(=O)c2cccc3c(N(C)C)cccc23)CC1. The molecule has 3 rings (SSSR count). The largest absolute Gasteiger partial charge is 0.381 e. The highest BCUT2D eigenvalue weighted by Gasteiger charge is 2.32. The van der Waals surface area contributed by atoms with Gasteiger partial charge in [0.2, 0.25) is 15.9 Å². The van der Waals surface area contributed by atoms with Crippen molar-refractivity contribution in [1.29, 1.82) is 0 Å². The number of hydrogen-bond donors (Lipinski definition) is 3. The van der Waals surface area contributed by atoms with E-state index in [1.165, 1.54) is 0 Å². The van der Waals surface area contributed by atoms with Crippen LogP contribution in [0, 0.1) is 0 Å². The molecule has 35 heavy (non-hydrogen) atoms. The van der Waals surface area contributed by atoms with Crippen molar-refractivity contribution < 1.29 is 17.9 Å². The van der Waals surface area contributed by atoms with Gasteiger partial charge in [-0.25, -0.2) is 8.42 Å². The predicted octanol–water partition coefficient (Wildman–Crippen LogP) is 1.24. The van der Waals surface area contributed by atoms with Gasteiger partial charge < -0.3 is 26.0 Å². The molecule has 1 unspecified atom stereocenters. The molecule has 5 N–H and O–H groups in total. The molecule has 10 nitrogen and oxygen atoms in total. The van der Waals surface area contributed by atoms with Crippen molar-refractivity contribution in [2.45, 2.75) is 42.7 Å². The summed E-state index contributed by atoms with van der Waals surface area (Å²) < 4.78 is 35.2. The second kappa shape index (κ2) is 11.7. The number of nitrogens with one attached hydrogen (secondary N) is 1. The third kappa shape index (κ3) is 6.62. The van der Waals surface area contributed by atoms with Gasteiger partial charge in [0.05, 0.1) is 11.0 Å². The number of benzene rings is 2. The zero-order valence-corrected chi connectivity index (χ0v) is 21.4. The molecule has 1 amide bonds. The number of hydrogen-bond acceptors (Lipinski definition) is 6. The van der Waals surface area contributed by atoms with Gasteiger partial charge in [0.25, 0.3) is 0 Å². The molecule has 1 heterocycles. The number of aliphatic imine (C=N–C) groups is 1. The molecule has 2 aromatic rings. The highest BCUT2D eigenvalue weighted by atomic mass is 32.2. The maximum atomic E-state index is 13.6. The maximum absolute atomic E-state index is 13.6. The molecular weight excluding hydrogens is 468 g/mol. The van der Waals surface area contributed by atoms with Gasteiger partial charge in [0, 0.05) is 57.3 Å². The first-order chi connectivity index (χ1) is 16.6. The van der Waals surface area contributed by atoms with Crippen LogP contribution in [0.15, 0.2) is 46.3 Å². The van der Waals surface area contributed by atoms with Crippen LogP contribution in [0.1, 0.15) is 25.7 Å². The summed E-state index contributed by atoms with van der Waals surface area (Å²) in [4.78, 5) is 21.1. The summed E-state index contributed by atoms with van der Waals surface area (Å²) in [6.45, 7) is 1.34. The smallest absolute Gasteiger partial charge is 0.241 e. The van der Waals surface area contributed by atoms with Crippen molar-refractivity contribution in [3.8, 4) is 0 Å². The molecule has 0 bridgehead atoms. The second-order valence-corrected chi connectivity index (χ2v) is 10.6. The van der Waals surface area contributed by atoms with Crippen molar-refractivity contribution >= 4 is 38.3 Å². The average molecular weight is 505 g/mol. The Labute approximate surface area is 207 Å². The second-order valence-electron chi connectivity index (χ2n) is 8.91. The van der Waals surface area contributed by atoms with Crippen LogP contribution in [0.3, 0.4) is 0 Å². The number of guanidine groups is 1. The molecule has 2 aromatic carbocycles. The number of fused-ring (bicyclic) bond motifs is 1. The number of amides is 1. The topological polar surface area (TPSA) is 143 Å². The normalized spacial score (nSPS) is 15.7. The van der Waals surface area contributed by atoms with Gasteiger partial charge in [-0.05, 0) is 37.8 Å². The predicted molar refractivity (Wildman–Crippen MR) is 139 cm³/mol. The number of rotatable bonds is 10. The Balaban J connectivity index is 1.89. The number of carbonyl (C=O) groups is 1. The Kier molecular flexibility index (Phi) is 8.92. The van der Waals surface area contributed by atoms with Crippen molar-refractivity contribution in [3.05, 3.63) is 36.4 Å². The van der Waals surface area contributed by atoms with Crippen LogP contribution in [0.25, 0.3) is 10.8 Å². The zero-order chi connectivity index (χ0) is 25.6. The van der Waals surface area contributed by atoms with Crippen molar-refractivity contribution in [2.75, 3.05) is 45.7 Å². The van der Waals surface area contributed by atoms with E-state index in [0.717, 1.165) is 11.1 Å². The summed E-state index contributed by atoms with van der Waals surface area (Å²) in [6.07, 6.45) is 2.26. The lowest BCUT2D eigenvalue weighted by molar-refractivity contribution is -0.135. The number of likely N-dealkylation sites (tertiary alicyclic amines) is 1. The Morgan fingerprint density at radius 3 is 2.46 bits per heavy atom. The number of nitrogens with two attached hydrogens (primary N) is 2. The minimum absolute atomic E-state index is 0.0393. The molecule has 1 fully saturated rings. The standard InChI is InChI=1S/C24H36N6O4S/c1-29(2)21-10-4-8-19-18(21)7-5-11-22(19)35(32,33)28-20(9-6-14-27-24(25)26)23(31)30-15-12-17(34-3)13-16-30/h4-5,7-8,10-11,17,20,28H,6,9,12-16H2,1-3H3,(H4,25,26,27). The summed E-state index contributed by atoms with van der Waals surface area (Å²) in [5, 5.41) is 1.41. The highest BCUT2D eigenvalue weighted by Crippen LogP contribution is 2.30. The first kappa shape index (κ1) is 26.7. The van der Waals surface area contributed by atoms with Gasteiger partial charge >= 0.3 is 0 Å². The molecule has 1 saturated heterocycles. The molecule has 0 spiro atoms. The lowest BCUT2D eigenvalue weighted by atomic mass is 10.1. The molecule has 0 aliphatic carbocycles. The van der Waals surface area contributed by atoms with Crippen LogP contribution in [0.2, 0.25) is 0 Å². The highest BCUT2D eigenvalue weighted by molar-refractivity contribution is 7.89. The Hall–Kier alpha value is -2.89. The minimum Gasteiger partial charge on any atom is -0.381 e. The quantitative estimate of drug-likeness (QED) is 0.251. The van der Waals surface area contributed by atoms with E-state index in [9.17, 15) is 13.2 Å². The molecule has 0 saturated carbocycles. The van der Waals surface area contributed by atoms with Crippen LogP contribution < -0.4 is 21.1 Å². The maximum Gasteiger partial charge on any atom is 0.241 e. The number of methoxy groups -OCH3 is 1. The van der Waals surface area contributed by atoms with E-state index in [0.29, 0.717) is 44.3 Å². The molecule has 0 aromatic heterocycles. The first-order valence-corrected chi connectivity index (χ1v) is 13.2. The van der Waals surface area contributed by atoms with E-state index < -0.39 is 16.1 Å². The van der Waals surface area contributed by atoms with E-state index in [1.807, 2.05) is 37.2 Å². The fourth-order valence-corrected chi connectivity index (χ4v) is 5.85. The van der Waals surface area contributed by atoms with Crippen LogP contribution in [0.5, 0.6) is 0 Å². The third-order valence-electron chi connectivity index (χ3n) is 6.26. The van der Waals surface area contributed by atoms with Crippen molar-refractivity contribution in [2.24, 2.45) is 16.5 Å². The monoisotopic (exact) mass is 504 g/mol. The zero-order valence-electron chi connectivity index (χ0n) is 20.6. The van der Waals surface area contributed by atoms with E-state index in [-0.39, 0.29) is 29.3 Å². The molecule has 1 aliphatic rings.